The molecule has 0 spiro atoms. The lowest BCUT2D eigenvalue weighted by atomic mass is 10.3. The molecule has 0 aliphatic carbocycles. The van der Waals surface area contributed by atoms with E-state index in [1.165, 1.54) is 12.5 Å². The topological polar surface area (TPSA) is 92.7 Å². The lowest BCUT2D eigenvalue weighted by Crippen LogP contribution is -2.27. The summed E-state index contributed by atoms with van der Waals surface area (Å²) in [6, 6.07) is 7.06. The van der Waals surface area contributed by atoms with Crippen LogP contribution in [0.3, 0.4) is 0 Å². The minimum absolute atomic E-state index is 0.00652. The van der Waals surface area contributed by atoms with Gasteiger partial charge in [-0.3, -0.25) is 0 Å². The quantitative estimate of drug-likeness (QED) is 0.760. The number of aryl methyl sites for hydroxylation is 1. The molecule has 0 aliphatic heterocycles. The standard InChI is InChI=1S/C13H15N5O2S/c1-9(13-15-10-5-3-4-6-11(10)16-13)17-21(19,20)12-7-18(2)8-14-12/h3-9,17H,1-2H3,(H,15,16). The monoisotopic (exact) mass is 305 g/mol. The Labute approximate surface area is 122 Å². The molecule has 0 fully saturated rings. The summed E-state index contributed by atoms with van der Waals surface area (Å²) in [5.41, 5.74) is 1.67. The van der Waals surface area contributed by atoms with Crippen LogP contribution >= 0.6 is 0 Å². The van der Waals surface area contributed by atoms with Crippen LogP contribution in [0, 0.1) is 0 Å². The van der Waals surface area contributed by atoms with Crippen LogP contribution in [0.25, 0.3) is 11.0 Å². The normalized spacial score (nSPS) is 13.6. The molecule has 1 atom stereocenters. The molecule has 0 bridgehead atoms. The highest BCUT2D eigenvalue weighted by atomic mass is 32.2. The molecule has 2 N–H and O–H groups in total. The second-order valence-electron chi connectivity index (χ2n) is 4.86. The summed E-state index contributed by atoms with van der Waals surface area (Å²) < 4.78 is 28.6. The van der Waals surface area contributed by atoms with E-state index in [9.17, 15) is 8.42 Å². The van der Waals surface area contributed by atoms with E-state index in [0.717, 1.165) is 11.0 Å². The molecule has 0 aliphatic rings. The zero-order chi connectivity index (χ0) is 15.0. The number of hydrogen-bond donors (Lipinski definition) is 2. The van der Waals surface area contributed by atoms with Gasteiger partial charge in [-0.25, -0.2) is 18.4 Å². The van der Waals surface area contributed by atoms with Crippen molar-refractivity contribution in [3.05, 3.63) is 42.6 Å². The number of imidazole rings is 2. The summed E-state index contributed by atoms with van der Waals surface area (Å²) in [7, 11) is -1.95. The van der Waals surface area contributed by atoms with E-state index in [1.54, 1.807) is 18.5 Å². The van der Waals surface area contributed by atoms with Crippen molar-refractivity contribution in [2.24, 2.45) is 7.05 Å². The van der Waals surface area contributed by atoms with Gasteiger partial charge < -0.3 is 9.55 Å². The van der Waals surface area contributed by atoms with Gasteiger partial charge in [0.1, 0.15) is 5.82 Å². The Morgan fingerprint density at radius 2 is 2.10 bits per heavy atom. The number of sulfonamides is 1. The van der Waals surface area contributed by atoms with Gasteiger partial charge in [-0.2, -0.15) is 4.72 Å². The summed E-state index contributed by atoms with van der Waals surface area (Å²) in [5, 5.41) is -0.00652. The Kier molecular flexibility index (Phi) is 3.26. The van der Waals surface area contributed by atoms with Crippen molar-refractivity contribution in [1.82, 2.24) is 24.2 Å². The molecule has 2 heterocycles. The highest BCUT2D eigenvalue weighted by molar-refractivity contribution is 7.89. The van der Waals surface area contributed by atoms with Gasteiger partial charge in [0.25, 0.3) is 10.0 Å². The first-order chi connectivity index (χ1) is 9.95. The summed E-state index contributed by atoms with van der Waals surface area (Å²) in [6.45, 7) is 1.73. The van der Waals surface area contributed by atoms with E-state index in [1.807, 2.05) is 24.3 Å². The zero-order valence-corrected chi connectivity index (χ0v) is 12.4. The Morgan fingerprint density at radius 1 is 1.33 bits per heavy atom. The summed E-state index contributed by atoms with van der Waals surface area (Å²) in [6.07, 6.45) is 2.90. The van der Waals surface area contributed by atoms with Crippen LogP contribution in [-0.4, -0.2) is 27.9 Å². The molecule has 0 saturated carbocycles. The van der Waals surface area contributed by atoms with Gasteiger partial charge in [0.2, 0.25) is 0 Å². The number of benzene rings is 1. The van der Waals surface area contributed by atoms with E-state index in [4.69, 9.17) is 0 Å². The number of H-pyrrole nitrogens is 1. The molecule has 0 saturated heterocycles. The molecule has 7 nitrogen and oxygen atoms in total. The fourth-order valence-corrected chi connectivity index (χ4v) is 3.24. The third kappa shape index (κ3) is 2.67. The summed E-state index contributed by atoms with van der Waals surface area (Å²) >= 11 is 0. The molecular formula is C13H15N5O2S. The number of aromatic amines is 1. The predicted molar refractivity (Wildman–Crippen MR) is 78.0 cm³/mol. The van der Waals surface area contributed by atoms with Crippen molar-refractivity contribution >= 4 is 21.1 Å². The van der Waals surface area contributed by atoms with Crippen LogP contribution in [0.15, 0.2) is 41.8 Å². The first-order valence-corrected chi connectivity index (χ1v) is 7.89. The highest BCUT2D eigenvalue weighted by Gasteiger charge is 2.22. The Hall–Kier alpha value is -2.19. The van der Waals surface area contributed by atoms with Crippen LogP contribution in [0.1, 0.15) is 18.8 Å². The van der Waals surface area contributed by atoms with Crippen LogP contribution in [0.2, 0.25) is 0 Å². The summed E-state index contributed by atoms with van der Waals surface area (Å²) in [4.78, 5) is 11.4. The smallest absolute Gasteiger partial charge is 0.260 e. The fourth-order valence-electron chi connectivity index (χ4n) is 2.05. The number of fused-ring (bicyclic) bond motifs is 1. The maximum absolute atomic E-state index is 12.2. The fraction of sp³-hybridized carbons (Fsp3) is 0.231. The second kappa shape index (κ2) is 4.97. The van der Waals surface area contributed by atoms with Crippen molar-refractivity contribution in [3.63, 3.8) is 0 Å². The molecule has 3 rings (SSSR count). The van der Waals surface area contributed by atoms with Crippen LogP contribution in [0.4, 0.5) is 0 Å². The molecule has 0 radical (unpaired) electrons. The molecule has 110 valence electrons. The summed E-state index contributed by atoms with van der Waals surface area (Å²) in [5.74, 6) is 0.565. The van der Waals surface area contributed by atoms with E-state index in [0.29, 0.717) is 5.82 Å². The number of nitrogens with one attached hydrogen (secondary N) is 2. The average molecular weight is 305 g/mol. The van der Waals surface area contributed by atoms with Crippen molar-refractivity contribution in [2.45, 2.75) is 18.0 Å². The number of para-hydroxylation sites is 2. The van der Waals surface area contributed by atoms with Crippen molar-refractivity contribution in [3.8, 4) is 0 Å². The van der Waals surface area contributed by atoms with Gasteiger partial charge in [-0.1, -0.05) is 12.1 Å². The lowest BCUT2D eigenvalue weighted by molar-refractivity contribution is 0.558. The number of nitrogens with zero attached hydrogens (tertiary/aromatic N) is 3. The first-order valence-electron chi connectivity index (χ1n) is 6.40. The van der Waals surface area contributed by atoms with Crippen molar-refractivity contribution in [1.29, 1.82) is 0 Å². The molecule has 0 amide bonds. The third-order valence-corrected chi connectivity index (χ3v) is 4.53. The third-order valence-electron chi connectivity index (χ3n) is 3.11. The Balaban J connectivity index is 1.87. The average Bonchev–Trinajstić information content (AvgIpc) is 3.04. The van der Waals surface area contributed by atoms with Gasteiger partial charge >= 0.3 is 0 Å². The van der Waals surface area contributed by atoms with Gasteiger partial charge in [-0.15, -0.1) is 0 Å². The largest absolute Gasteiger partial charge is 0.341 e. The van der Waals surface area contributed by atoms with Gasteiger partial charge in [-0.05, 0) is 19.1 Å². The SMILES string of the molecule is CC(NS(=O)(=O)c1cn(C)cn1)c1nc2ccccc2[nH]1. The second-order valence-corrected chi connectivity index (χ2v) is 6.52. The molecule has 3 aromatic rings. The molecule has 8 heteroatoms. The van der Waals surface area contributed by atoms with Gasteiger partial charge in [0.05, 0.1) is 23.4 Å². The minimum Gasteiger partial charge on any atom is -0.341 e. The van der Waals surface area contributed by atoms with E-state index >= 15 is 0 Å². The first kappa shape index (κ1) is 13.8. The molecule has 2 aromatic heterocycles. The van der Waals surface area contributed by atoms with Crippen LogP contribution in [-0.2, 0) is 17.1 Å². The van der Waals surface area contributed by atoms with Crippen molar-refractivity contribution < 1.29 is 8.42 Å². The lowest BCUT2D eigenvalue weighted by Gasteiger charge is -2.10. The van der Waals surface area contributed by atoms with Crippen LogP contribution < -0.4 is 4.72 Å². The Bertz CT molecular complexity index is 848. The van der Waals surface area contributed by atoms with E-state index < -0.39 is 16.1 Å². The number of aromatic nitrogens is 4. The van der Waals surface area contributed by atoms with Crippen LogP contribution in [0.5, 0.6) is 0 Å². The van der Waals surface area contributed by atoms with E-state index in [-0.39, 0.29) is 5.03 Å². The number of hydrogen-bond acceptors (Lipinski definition) is 4. The molecule has 1 unspecified atom stereocenters. The van der Waals surface area contributed by atoms with E-state index in [2.05, 4.69) is 19.7 Å². The molecular weight excluding hydrogens is 290 g/mol. The maximum Gasteiger partial charge on any atom is 0.260 e. The van der Waals surface area contributed by atoms with Crippen molar-refractivity contribution in [2.75, 3.05) is 0 Å². The molecule has 21 heavy (non-hydrogen) atoms. The Morgan fingerprint density at radius 3 is 2.76 bits per heavy atom. The van der Waals surface area contributed by atoms with Gasteiger partial charge in [0.15, 0.2) is 5.03 Å². The number of rotatable bonds is 4. The molecule has 1 aromatic carbocycles. The van der Waals surface area contributed by atoms with Gasteiger partial charge in [0, 0.05) is 13.2 Å². The maximum atomic E-state index is 12.2. The minimum atomic E-state index is -3.67. The highest BCUT2D eigenvalue weighted by Crippen LogP contribution is 2.17. The zero-order valence-electron chi connectivity index (χ0n) is 11.6. The predicted octanol–water partition coefficient (Wildman–Crippen LogP) is 1.34.